The van der Waals surface area contributed by atoms with Gasteiger partial charge in [-0.3, -0.25) is 4.79 Å². The number of amides is 3. The quantitative estimate of drug-likeness (QED) is 0.876. The van der Waals surface area contributed by atoms with Gasteiger partial charge in [-0.15, -0.1) is 0 Å². The number of rotatable bonds is 2. The van der Waals surface area contributed by atoms with E-state index in [2.05, 4.69) is 10.6 Å². The van der Waals surface area contributed by atoms with Crippen LogP contribution in [0.5, 0.6) is 0 Å². The van der Waals surface area contributed by atoms with Gasteiger partial charge < -0.3 is 15.5 Å². The number of hydrogen-bond donors (Lipinski definition) is 2. The van der Waals surface area contributed by atoms with E-state index >= 15 is 0 Å². The second-order valence-electron chi connectivity index (χ2n) is 6.52. The van der Waals surface area contributed by atoms with Crippen molar-refractivity contribution in [3.63, 3.8) is 0 Å². The third kappa shape index (κ3) is 3.97. The number of aryl methyl sites for hydroxylation is 1. The standard InChI is InChI=1S/C16H23N3O2/c1-11-5-7-12(8-6-11)19-10-9-13(14(19)20)17-15(21)18-16(2,3)4/h5-8,13H,9-10H2,1-4H3,(H2,17,18,21)/t13-/m1/s1. The first-order valence-electron chi connectivity index (χ1n) is 7.23. The molecule has 1 aliphatic rings. The molecular weight excluding hydrogens is 266 g/mol. The summed E-state index contributed by atoms with van der Waals surface area (Å²) in [4.78, 5) is 26.0. The summed E-state index contributed by atoms with van der Waals surface area (Å²) in [5.41, 5.74) is 1.72. The molecule has 0 aromatic heterocycles. The van der Waals surface area contributed by atoms with E-state index in [-0.39, 0.29) is 17.5 Å². The van der Waals surface area contributed by atoms with Crippen LogP contribution in [0.3, 0.4) is 0 Å². The van der Waals surface area contributed by atoms with Crippen molar-refractivity contribution in [2.24, 2.45) is 0 Å². The Labute approximate surface area is 125 Å². The zero-order valence-corrected chi connectivity index (χ0v) is 13.1. The topological polar surface area (TPSA) is 61.4 Å². The lowest BCUT2D eigenvalue weighted by Crippen LogP contribution is -2.51. The van der Waals surface area contributed by atoms with Crippen molar-refractivity contribution >= 4 is 17.6 Å². The molecule has 1 fully saturated rings. The van der Waals surface area contributed by atoms with Crippen LogP contribution < -0.4 is 15.5 Å². The first-order valence-corrected chi connectivity index (χ1v) is 7.23. The molecule has 5 nitrogen and oxygen atoms in total. The number of nitrogens with one attached hydrogen (secondary N) is 2. The predicted molar refractivity (Wildman–Crippen MR) is 83.4 cm³/mol. The summed E-state index contributed by atoms with van der Waals surface area (Å²) < 4.78 is 0. The Morgan fingerprint density at radius 2 is 1.86 bits per heavy atom. The zero-order valence-electron chi connectivity index (χ0n) is 13.1. The highest BCUT2D eigenvalue weighted by Gasteiger charge is 2.33. The fourth-order valence-electron chi connectivity index (χ4n) is 2.33. The Bertz CT molecular complexity index is 531. The molecule has 3 amide bonds. The molecule has 1 aliphatic heterocycles. The van der Waals surface area contributed by atoms with Crippen molar-refractivity contribution in [3.05, 3.63) is 29.8 Å². The summed E-state index contributed by atoms with van der Waals surface area (Å²) in [5, 5.41) is 5.56. The van der Waals surface area contributed by atoms with Crippen LogP contribution in [0.15, 0.2) is 24.3 Å². The summed E-state index contributed by atoms with van der Waals surface area (Å²) in [6.45, 7) is 8.35. The van der Waals surface area contributed by atoms with E-state index in [0.29, 0.717) is 13.0 Å². The smallest absolute Gasteiger partial charge is 0.315 e. The largest absolute Gasteiger partial charge is 0.334 e. The average molecular weight is 289 g/mol. The van der Waals surface area contributed by atoms with Gasteiger partial charge in [0, 0.05) is 17.8 Å². The number of anilines is 1. The van der Waals surface area contributed by atoms with Crippen LogP contribution in [0.25, 0.3) is 0 Å². The minimum absolute atomic E-state index is 0.0529. The van der Waals surface area contributed by atoms with Crippen LogP contribution in [0, 0.1) is 6.92 Å². The lowest BCUT2D eigenvalue weighted by Gasteiger charge is -2.22. The highest BCUT2D eigenvalue weighted by atomic mass is 16.2. The maximum absolute atomic E-state index is 12.4. The van der Waals surface area contributed by atoms with Gasteiger partial charge in [-0.05, 0) is 46.2 Å². The molecule has 0 aliphatic carbocycles. The first kappa shape index (κ1) is 15.4. The highest BCUT2D eigenvalue weighted by Crippen LogP contribution is 2.22. The molecule has 2 N–H and O–H groups in total. The molecule has 0 saturated carbocycles. The van der Waals surface area contributed by atoms with Crippen molar-refractivity contribution in [2.45, 2.75) is 45.7 Å². The van der Waals surface area contributed by atoms with E-state index in [1.165, 1.54) is 0 Å². The Kier molecular flexibility index (Phi) is 4.21. The van der Waals surface area contributed by atoms with Crippen molar-refractivity contribution in [3.8, 4) is 0 Å². The molecule has 1 aromatic carbocycles. The fraction of sp³-hybridized carbons (Fsp3) is 0.500. The lowest BCUT2D eigenvalue weighted by molar-refractivity contribution is -0.118. The molecule has 5 heteroatoms. The minimum atomic E-state index is -0.450. The third-order valence-electron chi connectivity index (χ3n) is 3.35. The van der Waals surface area contributed by atoms with E-state index in [4.69, 9.17) is 0 Å². The van der Waals surface area contributed by atoms with E-state index in [1.807, 2.05) is 52.0 Å². The van der Waals surface area contributed by atoms with Crippen molar-refractivity contribution in [1.29, 1.82) is 0 Å². The van der Waals surface area contributed by atoms with E-state index in [0.717, 1.165) is 11.3 Å². The van der Waals surface area contributed by atoms with E-state index in [9.17, 15) is 9.59 Å². The van der Waals surface area contributed by atoms with Crippen molar-refractivity contribution in [2.75, 3.05) is 11.4 Å². The number of nitrogens with zero attached hydrogens (tertiary/aromatic N) is 1. The van der Waals surface area contributed by atoms with Crippen LogP contribution in [0.4, 0.5) is 10.5 Å². The van der Waals surface area contributed by atoms with Crippen LogP contribution in [0.1, 0.15) is 32.8 Å². The molecule has 0 spiro atoms. The molecule has 2 rings (SSSR count). The Hall–Kier alpha value is -2.04. The van der Waals surface area contributed by atoms with Gasteiger partial charge in [0.05, 0.1) is 0 Å². The number of carbonyl (C=O) groups is 2. The second kappa shape index (κ2) is 5.76. The number of urea groups is 1. The fourth-order valence-corrected chi connectivity index (χ4v) is 2.33. The number of benzene rings is 1. The van der Waals surface area contributed by atoms with Gasteiger partial charge in [0.25, 0.3) is 0 Å². The summed E-state index contributed by atoms with van der Waals surface area (Å²) in [6.07, 6.45) is 0.629. The average Bonchev–Trinajstić information content (AvgIpc) is 2.70. The van der Waals surface area contributed by atoms with Crippen LogP contribution in [0.2, 0.25) is 0 Å². The molecule has 21 heavy (non-hydrogen) atoms. The zero-order chi connectivity index (χ0) is 15.6. The third-order valence-corrected chi connectivity index (χ3v) is 3.35. The summed E-state index contributed by atoms with van der Waals surface area (Å²) in [7, 11) is 0. The van der Waals surface area contributed by atoms with E-state index in [1.54, 1.807) is 4.90 Å². The SMILES string of the molecule is Cc1ccc(N2CC[C@@H](NC(=O)NC(C)(C)C)C2=O)cc1. The predicted octanol–water partition coefficient (Wildman–Crippen LogP) is 2.20. The van der Waals surface area contributed by atoms with Crippen molar-refractivity contribution < 1.29 is 9.59 Å². The summed E-state index contributed by atoms with van der Waals surface area (Å²) >= 11 is 0. The first-order chi connectivity index (χ1) is 9.76. The second-order valence-corrected chi connectivity index (χ2v) is 6.52. The monoisotopic (exact) mass is 289 g/mol. The summed E-state index contributed by atoms with van der Waals surface area (Å²) in [5.74, 6) is -0.0529. The van der Waals surface area contributed by atoms with Crippen molar-refractivity contribution in [1.82, 2.24) is 10.6 Å². The molecule has 1 atom stereocenters. The maximum Gasteiger partial charge on any atom is 0.315 e. The molecule has 1 saturated heterocycles. The van der Waals surface area contributed by atoms with Gasteiger partial charge in [0.15, 0.2) is 0 Å². The van der Waals surface area contributed by atoms with Gasteiger partial charge in [0.1, 0.15) is 6.04 Å². The minimum Gasteiger partial charge on any atom is -0.334 e. The van der Waals surface area contributed by atoms with Gasteiger partial charge in [-0.1, -0.05) is 17.7 Å². The van der Waals surface area contributed by atoms with Gasteiger partial charge in [-0.2, -0.15) is 0 Å². The molecule has 1 aromatic rings. The Morgan fingerprint density at radius 1 is 1.24 bits per heavy atom. The van der Waals surface area contributed by atoms with Crippen LogP contribution >= 0.6 is 0 Å². The highest BCUT2D eigenvalue weighted by molar-refractivity contribution is 6.01. The van der Waals surface area contributed by atoms with E-state index < -0.39 is 6.04 Å². The Morgan fingerprint density at radius 3 is 2.43 bits per heavy atom. The van der Waals surface area contributed by atoms with Gasteiger partial charge in [-0.25, -0.2) is 4.79 Å². The molecule has 0 unspecified atom stereocenters. The lowest BCUT2D eigenvalue weighted by atomic mass is 10.1. The number of carbonyl (C=O) groups excluding carboxylic acids is 2. The molecule has 0 radical (unpaired) electrons. The normalized spacial score (nSPS) is 18.8. The molecule has 114 valence electrons. The van der Waals surface area contributed by atoms with Gasteiger partial charge in [0.2, 0.25) is 5.91 Å². The Balaban J connectivity index is 1.98. The molecule has 1 heterocycles. The van der Waals surface area contributed by atoms with Crippen LogP contribution in [-0.4, -0.2) is 30.1 Å². The van der Waals surface area contributed by atoms with Crippen LogP contribution in [-0.2, 0) is 4.79 Å². The number of hydrogen-bond acceptors (Lipinski definition) is 2. The molecule has 0 bridgehead atoms. The maximum atomic E-state index is 12.4. The summed E-state index contributed by atoms with van der Waals surface area (Å²) in [6, 6.07) is 7.08. The van der Waals surface area contributed by atoms with Gasteiger partial charge >= 0.3 is 6.03 Å². The molecular formula is C16H23N3O2.